The zero-order chi connectivity index (χ0) is 17.8. The zero-order valence-corrected chi connectivity index (χ0v) is 18.8. The molecule has 0 bridgehead atoms. The fourth-order valence-electron chi connectivity index (χ4n) is 3.71. The molecule has 0 N–H and O–H groups in total. The average Bonchev–Trinajstić information content (AvgIpc) is 2.91. The Balaban J connectivity index is 0.00000243. The second-order valence-corrected chi connectivity index (χ2v) is 6.75. The van der Waals surface area contributed by atoms with Crippen LogP contribution in [0.25, 0.3) is 0 Å². The number of nitrogens with zero attached hydrogens (tertiary/aromatic N) is 1. The predicted molar refractivity (Wildman–Crippen MR) is 94.5 cm³/mol. The van der Waals surface area contributed by atoms with Gasteiger partial charge in [-0.15, -0.1) is 0 Å². The molecular weight excluding hydrogens is 353 g/mol. The van der Waals surface area contributed by atoms with E-state index in [1.54, 1.807) is 12.1 Å². The molecule has 0 saturated carbocycles. The largest absolute Gasteiger partial charge is 1.00 e. The number of aliphatic carboxylic acids is 1. The molecule has 2 aromatic rings. The Kier molecular flexibility index (Phi) is 8.29. The van der Waals surface area contributed by atoms with E-state index in [1.165, 1.54) is 0 Å². The molecule has 0 aliphatic carbocycles. The van der Waals surface area contributed by atoms with Crippen LogP contribution in [0, 0.1) is 0 Å². The molecule has 0 radical (unpaired) electrons. The van der Waals surface area contributed by atoms with E-state index in [-0.39, 0.29) is 57.2 Å². The normalized spacial score (nSPS) is 16.3. The van der Waals surface area contributed by atoms with Gasteiger partial charge in [0.25, 0.3) is 0 Å². The van der Waals surface area contributed by atoms with Crippen LogP contribution in [0.5, 0.6) is 0 Å². The van der Waals surface area contributed by atoms with E-state index in [0.29, 0.717) is 24.4 Å². The molecule has 26 heavy (non-hydrogen) atoms. The van der Waals surface area contributed by atoms with Gasteiger partial charge in [-0.2, -0.15) is 0 Å². The number of unbranched alkanes of at least 4 members (excludes halogenated alkanes) is 1. The maximum absolute atomic E-state index is 13.2. The molecule has 1 aromatic heterocycles. The number of aryl methyl sites for hydroxylation is 1. The van der Waals surface area contributed by atoms with Gasteiger partial charge < -0.3 is 14.5 Å². The van der Waals surface area contributed by atoms with Crippen LogP contribution in [-0.2, 0) is 17.8 Å². The van der Waals surface area contributed by atoms with Gasteiger partial charge in [-0.3, -0.25) is 4.79 Å². The Morgan fingerprint density at radius 3 is 2.65 bits per heavy atom. The number of carboxylic acids is 1. The minimum Gasteiger partial charge on any atom is -0.549 e. The topological polar surface area (TPSA) is 62.1 Å². The molecule has 4 nitrogen and oxygen atoms in total. The Labute approximate surface area is 197 Å². The number of carbonyl (C=O) groups is 2. The summed E-state index contributed by atoms with van der Waals surface area (Å²) in [7, 11) is 0. The molecule has 1 aliphatic heterocycles. The van der Waals surface area contributed by atoms with Crippen LogP contribution >= 0.6 is 0 Å². The number of hydrogen-bond donors (Lipinski definition) is 0. The fraction of sp³-hybridized carbons (Fsp3) is 0.429. The maximum atomic E-state index is 13.2. The molecule has 3 rings (SSSR count). The number of carbonyl (C=O) groups excluding carboxylic acids is 2. The van der Waals surface area contributed by atoms with Gasteiger partial charge in [-0.25, -0.2) is 0 Å². The minimum atomic E-state index is -1.05. The van der Waals surface area contributed by atoms with Crippen molar-refractivity contribution in [3.8, 4) is 0 Å². The molecule has 0 fully saturated rings. The Morgan fingerprint density at radius 1 is 1.15 bits per heavy atom. The Morgan fingerprint density at radius 2 is 1.92 bits per heavy atom. The van der Waals surface area contributed by atoms with Gasteiger partial charge in [0.05, 0.1) is 11.7 Å². The van der Waals surface area contributed by atoms with Gasteiger partial charge in [0, 0.05) is 23.7 Å². The van der Waals surface area contributed by atoms with Crippen LogP contribution in [0.15, 0.2) is 36.4 Å². The number of benzene rings is 1. The number of hydrogen-bond acceptors (Lipinski definition) is 3. The number of rotatable bonds is 6. The van der Waals surface area contributed by atoms with Gasteiger partial charge in [0.2, 0.25) is 5.78 Å². The summed E-state index contributed by atoms with van der Waals surface area (Å²) in [6, 6.07) is 11.3. The average molecular weight is 378 g/mol. The first-order valence-corrected chi connectivity index (χ1v) is 9.16. The summed E-state index contributed by atoms with van der Waals surface area (Å²) < 4.78 is 1.90. The van der Waals surface area contributed by atoms with Crippen molar-refractivity contribution in [3.63, 3.8) is 0 Å². The smallest absolute Gasteiger partial charge is 0.549 e. The quantitative estimate of drug-likeness (QED) is 0.529. The Hall–Kier alpha value is -0.724. The van der Waals surface area contributed by atoms with Crippen molar-refractivity contribution in [2.75, 3.05) is 0 Å². The second kappa shape index (κ2) is 9.99. The van der Waals surface area contributed by atoms with Gasteiger partial charge in [-0.1, -0.05) is 44.0 Å². The van der Waals surface area contributed by atoms with E-state index in [1.807, 2.05) is 28.8 Å². The van der Waals surface area contributed by atoms with Crippen molar-refractivity contribution < 1.29 is 66.1 Å². The van der Waals surface area contributed by atoms with E-state index in [4.69, 9.17) is 0 Å². The first kappa shape index (κ1) is 21.6. The van der Waals surface area contributed by atoms with Crippen LogP contribution in [0.3, 0.4) is 0 Å². The molecule has 0 amide bonds. The number of carboxylic acid groups (broad SMARTS) is 1. The van der Waals surface area contributed by atoms with Crippen LogP contribution in [0.1, 0.15) is 72.3 Å². The summed E-state index contributed by atoms with van der Waals surface area (Å²) in [5.74, 6) is -1.69. The summed E-state index contributed by atoms with van der Waals surface area (Å²) in [6.45, 7) is 2.82. The van der Waals surface area contributed by atoms with Crippen molar-refractivity contribution >= 4 is 11.8 Å². The molecule has 0 spiro atoms. The third-order valence-electron chi connectivity index (χ3n) is 5.07. The van der Waals surface area contributed by atoms with Crippen molar-refractivity contribution in [3.05, 3.63) is 58.9 Å². The monoisotopic (exact) mass is 377 g/mol. The third-order valence-corrected chi connectivity index (χ3v) is 5.07. The van der Waals surface area contributed by atoms with E-state index >= 15 is 0 Å². The molecule has 1 aromatic carbocycles. The molecule has 1 unspecified atom stereocenters. The summed E-state index contributed by atoms with van der Waals surface area (Å²) in [4.78, 5) is 24.7. The van der Waals surface area contributed by atoms with E-state index in [2.05, 4.69) is 6.92 Å². The molecule has 0 saturated heterocycles. The van der Waals surface area contributed by atoms with E-state index < -0.39 is 11.9 Å². The van der Waals surface area contributed by atoms with Crippen molar-refractivity contribution in [1.29, 1.82) is 0 Å². The number of ketones is 1. The maximum Gasteiger partial charge on any atom is 1.00 e. The molecule has 5 heteroatoms. The molecular formula is C21H24KNO3. The van der Waals surface area contributed by atoms with Crippen LogP contribution in [-0.4, -0.2) is 16.3 Å². The summed E-state index contributed by atoms with van der Waals surface area (Å²) in [5.41, 5.74) is 3.08. The van der Waals surface area contributed by atoms with Gasteiger partial charge in [0.1, 0.15) is 0 Å². The van der Waals surface area contributed by atoms with Crippen LogP contribution in [0.2, 0.25) is 0 Å². The van der Waals surface area contributed by atoms with Gasteiger partial charge in [0.15, 0.2) is 0 Å². The predicted octanol–water partition coefficient (Wildman–Crippen LogP) is 0.0831. The van der Waals surface area contributed by atoms with Crippen molar-refractivity contribution in [2.45, 2.75) is 57.9 Å². The SMILES string of the molecule is CCCCc1ccccc1C(=O)c1ccc2n1CCCCC2C(=O)[O-].[K+]. The Bertz CT molecular complexity index is 781. The summed E-state index contributed by atoms with van der Waals surface area (Å²) in [5, 5.41) is 11.5. The van der Waals surface area contributed by atoms with Crippen LogP contribution < -0.4 is 56.5 Å². The van der Waals surface area contributed by atoms with Gasteiger partial charge in [-0.05, 0) is 43.4 Å². The first-order valence-electron chi connectivity index (χ1n) is 9.16. The molecule has 132 valence electrons. The standard InChI is InChI=1S/C21H25NO3.K/c1-2-3-8-15-9-4-5-10-16(15)20(23)19-13-12-18-17(21(24)25)11-6-7-14-22(18)19;/h4-5,9-10,12-13,17H,2-3,6-8,11,14H2,1H3,(H,24,25);/q;+1/p-1. The molecule has 2 heterocycles. The van der Waals surface area contributed by atoms with E-state index in [9.17, 15) is 14.7 Å². The fourth-order valence-corrected chi connectivity index (χ4v) is 3.71. The second-order valence-electron chi connectivity index (χ2n) is 6.75. The van der Waals surface area contributed by atoms with Crippen molar-refractivity contribution in [2.24, 2.45) is 0 Å². The molecule has 1 atom stereocenters. The number of aromatic nitrogens is 1. The van der Waals surface area contributed by atoms with Crippen molar-refractivity contribution in [1.82, 2.24) is 4.57 Å². The summed E-state index contributed by atoms with van der Waals surface area (Å²) in [6.07, 6.45) is 5.30. The van der Waals surface area contributed by atoms with Gasteiger partial charge >= 0.3 is 51.4 Å². The first-order chi connectivity index (χ1) is 12.1. The zero-order valence-electron chi connectivity index (χ0n) is 15.7. The minimum absolute atomic E-state index is 0. The number of fused-ring (bicyclic) bond motifs is 1. The van der Waals surface area contributed by atoms with Crippen LogP contribution in [0.4, 0.5) is 0 Å². The summed E-state index contributed by atoms with van der Waals surface area (Å²) >= 11 is 0. The third kappa shape index (κ3) is 4.57. The molecule has 1 aliphatic rings. The van der Waals surface area contributed by atoms with E-state index in [0.717, 1.165) is 43.2 Å².